The van der Waals surface area contributed by atoms with Gasteiger partial charge >= 0.3 is 5.97 Å². The van der Waals surface area contributed by atoms with E-state index in [0.29, 0.717) is 12.1 Å². The van der Waals surface area contributed by atoms with Gasteiger partial charge in [-0.05, 0) is 35.9 Å². The largest absolute Gasteiger partial charge is 0.465 e. The molecule has 0 amide bonds. The Hall–Kier alpha value is -2.88. The number of anilines is 1. The highest BCUT2D eigenvalue weighted by atomic mass is 16.5. The number of ether oxygens (including phenoxy) is 1. The number of esters is 1. The number of fused-ring (bicyclic) bond motifs is 1. The van der Waals surface area contributed by atoms with E-state index in [9.17, 15) is 4.79 Å². The quantitative estimate of drug-likeness (QED) is 0.746. The predicted molar refractivity (Wildman–Crippen MR) is 86.9 cm³/mol. The van der Waals surface area contributed by atoms with Crippen molar-refractivity contribution in [3.8, 4) is 0 Å². The summed E-state index contributed by atoms with van der Waals surface area (Å²) in [5.74, 6) is -0.319. The van der Waals surface area contributed by atoms with E-state index in [1.165, 1.54) is 7.11 Å². The molecule has 0 fully saturated rings. The van der Waals surface area contributed by atoms with Crippen molar-refractivity contribution in [3.05, 3.63) is 71.9 Å². The molecular formula is C18H16N2O2. The number of aromatic nitrogens is 1. The van der Waals surface area contributed by atoms with E-state index in [-0.39, 0.29) is 5.97 Å². The number of carbonyl (C=O) groups is 1. The maximum atomic E-state index is 11.4. The van der Waals surface area contributed by atoms with Crippen LogP contribution >= 0.6 is 0 Å². The summed E-state index contributed by atoms with van der Waals surface area (Å²) in [6.45, 7) is 0.680. The first kappa shape index (κ1) is 14.1. The van der Waals surface area contributed by atoms with Crippen molar-refractivity contribution in [1.82, 2.24) is 4.98 Å². The van der Waals surface area contributed by atoms with Crippen LogP contribution in [0.25, 0.3) is 10.9 Å². The van der Waals surface area contributed by atoms with Gasteiger partial charge in [-0.3, -0.25) is 4.98 Å². The summed E-state index contributed by atoms with van der Waals surface area (Å²) in [6.07, 6.45) is 1.79. The second-order valence-corrected chi connectivity index (χ2v) is 4.95. The van der Waals surface area contributed by atoms with Crippen LogP contribution in [-0.2, 0) is 11.3 Å². The fourth-order valence-electron chi connectivity index (χ4n) is 2.26. The first-order chi connectivity index (χ1) is 10.8. The third-order valence-corrected chi connectivity index (χ3v) is 3.48. The molecule has 0 aliphatic carbocycles. The van der Waals surface area contributed by atoms with Crippen LogP contribution in [0.4, 0.5) is 5.69 Å². The second-order valence-electron chi connectivity index (χ2n) is 4.95. The number of rotatable bonds is 4. The average Bonchev–Trinajstić information content (AvgIpc) is 2.59. The van der Waals surface area contributed by atoms with E-state index in [4.69, 9.17) is 0 Å². The summed E-state index contributed by atoms with van der Waals surface area (Å²) in [5.41, 5.74) is 3.63. The Kier molecular flexibility index (Phi) is 4.01. The van der Waals surface area contributed by atoms with E-state index in [2.05, 4.69) is 15.0 Å². The van der Waals surface area contributed by atoms with E-state index >= 15 is 0 Å². The van der Waals surface area contributed by atoms with Crippen molar-refractivity contribution in [1.29, 1.82) is 0 Å². The molecule has 0 saturated carbocycles. The summed E-state index contributed by atoms with van der Waals surface area (Å²) in [6, 6.07) is 17.4. The molecule has 1 aromatic heterocycles. The fourth-order valence-corrected chi connectivity index (χ4v) is 2.26. The standard InChI is InChI=1S/C18H16N2O2/c1-22-18(21)15-6-4-13(5-7-15)12-20-16-9-8-14-3-2-10-19-17(14)11-16/h2-11,20H,12H2,1H3. The number of benzene rings is 2. The highest BCUT2D eigenvalue weighted by Gasteiger charge is 2.04. The second kappa shape index (κ2) is 6.26. The molecule has 0 radical (unpaired) electrons. The summed E-state index contributed by atoms with van der Waals surface area (Å²) in [7, 11) is 1.38. The van der Waals surface area contributed by atoms with Crippen molar-refractivity contribution < 1.29 is 9.53 Å². The topological polar surface area (TPSA) is 51.2 Å². The number of hydrogen-bond acceptors (Lipinski definition) is 4. The zero-order valence-electron chi connectivity index (χ0n) is 12.2. The lowest BCUT2D eigenvalue weighted by molar-refractivity contribution is 0.0600. The van der Waals surface area contributed by atoms with Crippen molar-refractivity contribution in [2.45, 2.75) is 6.54 Å². The van der Waals surface area contributed by atoms with Crippen LogP contribution in [-0.4, -0.2) is 18.1 Å². The molecule has 0 aliphatic heterocycles. The summed E-state index contributed by atoms with van der Waals surface area (Å²) in [4.78, 5) is 15.7. The average molecular weight is 292 g/mol. The van der Waals surface area contributed by atoms with E-state index in [0.717, 1.165) is 22.2 Å². The van der Waals surface area contributed by atoms with Gasteiger partial charge in [-0.1, -0.05) is 24.3 Å². The van der Waals surface area contributed by atoms with Gasteiger partial charge in [0.05, 0.1) is 18.2 Å². The maximum absolute atomic E-state index is 11.4. The number of nitrogens with one attached hydrogen (secondary N) is 1. The Morgan fingerprint density at radius 2 is 1.95 bits per heavy atom. The van der Waals surface area contributed by atoms with Crippen LogP contribution in [0.3, 0.4) is 0 Å². The lowest BCUT2D eigenvalue weighted by Gasteiger charge is -2.08. The first-order valence-electron chi connectivity index (χ1n) is 7.02. The van der Waals surface area contributed by atoms with Gasteiger partial charge in [0.25, 0.3) is 0 Å². The predicted octanol–water partition coefficient (Wildman–Crippen LogP) is 3.63. The Morgan fingerprint density at radius 3 is 2.73 bits per heavy atom. The maximum Gasteiger partial charge on any atom is 0.337 e. The highest BCUT2D eigenvalue weighted by Crippen LogP contribution is 2.17. The van der Waals surface area contributed by atoms with Crippen LogP contribution < -0.4 is 5.32 Å². The lowest BCUT2D eigenvalue weighted by atomic mass is 10.1. The number of methoxy groups -OCH3 is 1. The molecule has 0 bridgehead atoms. The molecule has 0 aliphatic rings. The van der Waals surface area contributed by atoms with Gasteiger partial charge in [-0.2, -0.15) is 0 Å². The summed E-state index contributed by atoms with van der Waals surface area (Å²) in [5, 5.41) is 4.48. The molecule has 2 aromatic carbocycles. The Balaban J connectivity index is 1.69. The minimum atomic E-state index is -0.319. The normalized spacial score (nSPS) is 10.4. The molecule has 0 unspecified atom stereocenters. The van der Waals surface area contributed by atoms with Gasteiger partial charge in [0, 0.05) is 23.8 Å². The lowest BCUT2D eigenvalue weighted by Crippen LogP contribution is -2.03. The van der Waals surface area contributed by atoms with Crippen LogP contribution in [0.1, 0.15) is 15.9 Å². The van der Waals surface area contributed by atoms with Crippen LogP contribution in [0.2, 0.25) is 0 Å². The molecule has 3 rings (SSSR count). The monoisotopic (exact) mass is 292 g/mol. The molecule has 1 heterocycles. The van der Waals surface area contributed by atoms with Crippen molar-refractivity contribution in [3.63, 3.8) is 0 Å². The first-order valence-corrected chi connectivity index (χ1v) is 7.02. The van der Waals surface area contributed by atoms with Gasteiger partial charge in [0.2, 0.25) is 0 Å². The molecule has 110 valence electrons. The third kappa shape index (κ3) is 3.06. The zero-order valence-corrected chi connectivity index (χ0v) is 12.2. The van der Waals surface area contributed by atoms with Crippen LogP contribution in [0, 0.1) is 0 Å². The molecule has 0 spiro atoms. The van der Waals surface area contributed by atoms with Crippen molar-refractivity contribution in [2.75, 3.05) is 12.4 Å². The Bertz CT molecular complexity index is 798. The van der Waals surface area contributed by atoms with Crippen LogP contribution in [0.15, 0.2) is 60.8 Å². The van der Waals surface area contributed by atoms with E-state index in [1.807, 2.05) is 42.5 Å². The Morgan fingerprint density at radius 1 is 1.14 bits per heavy atom. The van der Waals surface area contributed by atoms with Gasteiger partial charge in [-0.15, -0.1) is 0 Å². The van der Waals surface area contributed by atoms with Crippen molar-refractivity contribution in [2.24, 2.45) is 0 Å². The third-order valence-electron chi connectivity index (χ3n) is 3.48. The van der Waals surface area contributed by atoms with Gasteiger partial charge < -0.3 is 10.1 Å². The number of pyridine rings is 1. The molecule has 4 heteroatoms. The van der Waals surface area contributed by atoms with Crippen LogP contribution in [0.5, 0.6) is 0 Å². The number of nitrogens with zero attached hydrogens (tertiary/aromatic N) is 1. The van der Waals surface area contributed by atoms with E-state index in [1.54, 1.807) is 18.3 Å². The smallest absolute Gasteiger partial charge is 0.337 e. The molecule has 3 aromatic rings. The number of carbonyl (C=O) groups excluding carboxylic acids is 1. The molecular weight excluding hydrogens is 276 g/mol. The van der Waals surface area contributed by atoms with Gasteiger partial charge in [0.1, 0.15) is 0 Å². The molecule has 1 N–H and O–H groups in total. The summed E-state index contributed by atoms with van der Waals surface area (Å²) >= 11 is 0. The van der Waals surface area contributed by atoms with E-state index < -0.39 is 0 Å². The fraction of sp³-hybridized carbons (Fsp3) is 0.111. The number of hydrogen-bond donors (Lipinski definition) is 1. The molecule has 0 saturated heterocycles. The highest BCUT2D eigenvalue weighted by molar-refractivity contribution is 5.89. The van der Waals surface area contributed by atoms with Gasteiger partial charge in [-0.25, -0.2) is 4.79 Å². The Labute approximate surface area is 128 Å². The SMILES string of the molecule is COC(=O)c1ccc(CNc2ccc3cccnc3c2)cc1. The summed E-state index contributed by atoms with van der Waals surface area (Å²) < 4.78 is 4.68. The molecule has 4 nitrogen and oxygen atoms in total. The minimum Gasteiger partial charge on any atom is -0.465 e. The zero-order chi connectivity index (χ0) is 15.4. The molecule has 22 heavy (non-hydrogen) atoms. The molecule has 0 atom stereocenters. The van der Waals surface area contributed by atoms with Crippen molar-refractivity contribution >= 4 is 22.6 Å². The van der Waals surface area contributed by atoms with Gasteiger partial charge in [0.15, 0.2) is 0 Å². The minimum absolute atomic E-state index is 0.319.